The van der Waals surface area contributed by atoms with Crippen LogP contribution >= 0.6 is 24.4 Å². The fourth-order valence-corrected chi connectivity index (χ4v) is 1.23. The van der Waals surface area contributed by atoms with Gasteiger partial charge in [0.25, 0.3) is 0 Å². The van der Waals surface area contributed by atoms with Crippen LogP contribution in [0.5, 0.6) is 0 Å². The number of thiol groups is 1. The van der Waals surface area contributed by atoms with Crippen molar-refractivity contribution in [3.05, 3.63) is 0 Å². The van der Waals surface area contributed by atoms with E-state index in [9.17, 15) is 9.59 Å². The van der Waals surface area contributed by atoms with E-state index in [1.54, 1.807) is 13.2 Å². The first-order chi connectivity index (χ1) is 6.24. The van der Waals surface area contributed by atoms with E-state index in [1.165, 1.54) is 30.6 Å². The van der Waals surface area contributed by atoms with Crippen LogP contribution in [0.4, 0.5) is 0 Å². The van der Waals surface area contributed by atoms with E-state index < -0.39 is 16.1 Å². The zero-order valence-electron chi connectivity index (χ0n) is 8.64. The number of carbonyl (C=O) groups excluding carboxylic acids is 1. The van der Waals surface area contributed by atoms with E-state index in [-0.39, 0.29) is 5.91 Å². The molecule has 0 heterocycles. The summed E-state index contributed by atoms with van der Waals surface area (Å²) in [5, 5.41) is 8.71. The monoisotopic (exact) mass is 237 g/mol. The van der Waals surface area contributed by atoms with Crippen molar-refractivity contribution in [1.82, 2.24) is 4.90 Å². The van der Waals surface area contributed by atoms with Crippen molar-refractivity contribution >= 4 is 36.3 Å². The highest BCUT2D eigenvalue weighted by Crippen LogP contribution is 2.28. The molecular weight excluding hydrogens is 222 g/mol. The molecule has 0 aliphatic heterocycles. The van der Waals surface area contributed by atoms with Crippen LogP contribution in [0.1, 0.15) is 13.8 Å². The Morgan fingerprint density at radius 3 is 2.29 bits per heavy atom. The second-order valence-electron chi connectivity index (χ2n) is 3.12. The Morgan fingerprint density at radius 1 is 1.57 bits per heavy atom. The fraction of sp³-hybridized carbons (Fsp3) is 0.750. The van der Waals surface area contributed by atoms with Gasteiger partial charge < -0.3 is 10.0 Å². The van der Waals surface area contributed by atoms with Gasteiger partial charge >= 0.3 is 5.97 Å². The summed E-state index contributed by atoms with van der Waals surface area (Å²) >= 11 is 5.44. The molecule has 2 atom stereocenters. The van der Waals surface area contributed by atoms with Gasteiger partial charge in [-0.1, -0.05) is 0 Å². The number of aliphatic carboxylic acids is 1. The van der Waals surface area contributed by atoms with E-state index in [2.05, 4.69) is 12.6 Å². The predicted molar refractivity (Wildman–Crippen MR) is 60.8 cm³/mol. The maximum Gasteiger partial charge on any atom is 0.326 e. The maximum absolute atomic E-state index is 11.7. The third-order valence-electron chi connectivity index (χ3n) is 2.05. The molecule has 0 aliphatic carbocycles. The summed E-state index contributed by atoms with van der Waals surface area (Å²) in [5.74, 6) is -1.32. The molecule has 1 amide bonds. The summed E-state index contributed by atoms with van der Waals surface area (Å²) < 4.78 is -0.877. The summed E-state index contributed by atoms with van der Waals surface area (Å²) in [7, 11) is 1.46. The van der Waals surface area contributed by atoms with Crippen molar-refractivity contribution in [3.63, 3.8) is 0 Å². The van der Waals surface area contributed by atoms with Crippen molar-refractivity contribution in [2.45, 2.75) is 24.0 Å². The van der Waals surface area contributed by atoms with E-state index in [4.69, 9.17) is 5.11 Å². The summed E-state index contributed by atoms with van der Waals surface area (Å²) in [6.07, 6.45) is 1.75. The molecule has 0 aromatic heterocycles. The number of carboxylic acids is 1. The largest absolute Gasteiger partial charge is 0.480 e. The SMILES string of the molecule is CSC(C)(S)C(=O)N(C)[C@@H](C)C(=O)O. The van der Waals surface area contributed by atoms with Gasteiger partial charge in [-0.05, 0) is 20.1 Å². The minimum absolute atomic E-state index is 0.303. The van der Waals surface area contributed by atoms with Crippen molar-refractivity contribution in [2.75, 3.05) is 13.3 Å². The number of rotatable bonds is 4. The zero-order valence-corrected chi connectivity index (χ0v) is 10.4. The summed E-state index contributed by atoms with van der Waals surface area (Å²) in [5.41, 5.74) is 0. The quantitative estimate of drug-likeness (QED) is 0.564. The molecule has 0 spiro atoms. The molecule has 0 bridgehead atoms. The smallest absolute Gasteiger partial charge is 0.326 e. The molecular formula is C8H15NO3S2. The third-order valence-corrected chi connectivity index (χ3v) is 3.76. The third kappa shape index (κ3) is 3.09. The van der Waals surface area contributed by atoms with Crippen LogP contribution in [0.25, 0.3) is 0 Å². The van der Waals surface area contributed by atoms with Crippen LogP contribution in [0, 0.1) is 0 Å². The van der Waals surface area contributed by atoms with Crippen molar-refractivity contribution in [3.8, 4) is 0 Å². The average molecular weight is 237 g/mol. The van der Waals surface area contributed by atoms with Gasteiger partial charge in [-0.25, -0.2) is 4.79 Å². The van der Waals surface area contributed by atoms with Crippen LogP contribution in [-0.2, 0) is 9.59 Å². The standard InChI is InChI=1S/C8H15NO3S2/c1-5(6(10)11)9(3)7(12)8(2,13)14-4/h5,13H,1-4H3,(H,10,11)/t5-,8?/m0/s1. The van der Waals surface area contributed by atoms with Gasteiger partial charge in [-0.3, -0.25) is 4.79 Å². The zero-order chi connectivity index (χ0) is 11.5. The van der Waals surface area contributed by atoms with Gasteiger partial charge in [0.05, 0.1) is 0 Å². The van der Waals surface area contributed by atoms with Crippen LogP contribution in [0.2, 0.25) is 0 Å². The number of likely N-dealkylation sites (N-methyl/N-ethyl adjacent to an activating group) is 1. The molecule has 14 heavy (non-hydrogen) atoms. The Balaban J connectivity index is 4.63. The lowest BCUT2D eigenvalue weighted by atomic mass is 10.2. The first kappa shape index (κ1) is 13.6. The Morgan fingerprint density at radius 2 is 2.00 bits per heavy atom. The van der Waals surface area contributed by atoms with Crippen LogP contribution < -0.4 is 0 Å². The van der Waals surface area contributed by atoms with Crippen LogP contribution in [0.3, 0.4) is 0 Å². The highest BCUT2D eigenvalue weighted by molar-refractivity contribution is 8.12. The minimum Gasteiger partial charge on any atom is -0.480 e. The molecule has 6 heteroatoms. The Hall–Kier alpha value is -0.360. The second-order valence-corrected chi connectivity index (χ2v) is 5.54. The van der Waals surface area contributed by atoms with Gasteiger partial charge in [0.15, 0.2) is 0 Å². The average Bonchev–Trinajstić information content (AvgIpc) is 2.14. The van der Waals surface area contributed by atoms with E-state index in [0.717, 1.165) is 0 Å². The van der Waals surface area contributed by atoms with E-state index in [1.807, 2.05) is 0 Å². The van der Waals surface area contributed by atoms with Crippen LogP contribution in [0.15, 0.2) is 0 Å². The van der Waals surface area contributed by atoms with Gasteiger partial charge in [-0.15, -0.1) is 11.8 Å². The highest BCUT2D eigenvalue weighted by atomic mass is 32.2. The predicted octanol–water partition coefficient (Wildman–Crippen LogP) is 0.927. The van der Waals surface area contributed by atoms with E-state index >= 15 is 0 Å². The van der Waals surface area contributed by atoms with Crippen molar-refractivity contribution in [2.24, 2.45) is 0 Å². The second kappa shape index (κ2) is 4.93. The molecule has 0 aromatic carbocycles. The number of hydrogen-bond donors (Lipinski definition) is 2. The molecule has 82 valence electrons. The van der Waals surface area contributed by atoms with Gasteiger partial charge in [-0.2, -0.15) is 12.6 Å². The number of amides is 1. The lowest BCUT2D eigenvalue weighted by molar-refractivity contribution is -0.148. The minimum atomic E-state index is -1.02. The summed E-state index contributed by atoms with van der Waals surface area (Å²) in [6.45, 7) is 3.11. The topological polar surface area (TPSA) is 57.6 Å². The molecule has 0 rings (SSSR count). The molecule has 1 unspecified atom stereocenters. The summed E-state index contributed by atoms with van der Waals surface area (Å²) in [4.78, 5) is 23.5. The molecule has 0 fully saturated rings. The molecule has 0 aromatic rings. The number of thioether (sulfide) groups is 1. The molecule has 0 aliphatic rings. The van der Waals surface area contributed by atoms with Gasteiger partial charge in [0.2, 0.25) is 5.91 Å². The van der Waals surface area contributed by atoms with Gasteiger partial charge in [0.1, 0.15) is 10.1 Å². The van der Waals surface area contributed by atoms with E-state index in [0.29, 0.717) is 0 Å². The normalized spacial score (nSPS) is 16.9. The molecule has 0 saturated carbocycles. The first-order valence-electron chi connectivity index (χ1n) is 4.01. The van der Waals surface area contributed by atoms with Crippen LogP contribution in [-0.4, -0.2) is 45.3 Å². The molecule has 0 saturated heterocycles. The number of carboxylic acid groups (broad SMARTS) is 1. The van der Waals surface area contributed by atoms with Gasteiger partial charge in [0, 0.05) is 7.05 Å². The fourth-order valence-electron chi connectivity index (χ4n) is 0.756. The molecule has 0 radical (unpaired) electrons. The summed E-state index contributed by atoms with van der Waals surface area (Å²) in [6, 6.07) is -0.832. The number of carbonyl (C=O) groups is 2. The Kier molecular flexibility index (Phi) is 4.80. The Bertz CT molecular complexity index is 243. The first-order valence-corrected chi connectivity index (χ1v) is 5.68. The molecule has 1 N–H and O–H groups in total. The molecule has 4 nitrogen and oxygen atoms in total. The van der Waals surface area contributed by atoms with Crippen molar-refractivity contribution < 1.29 is 14.7 Å². The number of hydrogen-bond acceptors (Lipinski definition) is 4. The lowest BCUT2D eigenvalue weighted by Crippen LogP contribution is -2.47. The number of nitrogens with zero attached hydrogens (tertiary/aromatic N) is 1. The maximum atomic E-state index is 11.7. The lowest BCUT2D eigenvalue weighted by Gasteiger charge is -2.29. The van der Waals surface area contributed by atoms with Crippen molar-refractivity contribution in [1.29, 1.82) is 0 Å². The highest BCUT2D eigenvalue weighted by Gasteiger charge is 2.34. The Labute approximate surface area is 93.4 Å².